The second-order valence-electron chi connectivity index (χ2n) is 5.09. The van der Waals surface area contributed by atoms with E-state index in [0.717, 1.165) is 13.0 Å². The maximum Gasteiger partial charge on any atom is 0.244 e. The Kier molecular flexibility index (Phi) is 5.60. The second-order valence-corrected chi connectivity index (χ2v) is 7.91. The Balaban J connectivity index is 0.00000176. The molecule has 1 atom stereocenters. The third-order valence-corrected chi connectivity index (χ3v) is 6.67. The number of nitrogens with one attached hydrogen (secondary N) is 1. The van der Waals surface area contributed by atoms with Crippen LogP contribution in [0.3, 0.4) is 0 Å². The predicted molar refractivity (Wildman–Crippen MR) is 88.6 cm³/mol. The lowest BCUT2D eigenvalue weighted by Gasteiger charge is -2.25. The highest BCUT2D eigenvalue weighted by Crippen LogP contribution is 2.38. The number of hydrogen-bond donors (Lipinski definition) is 1. The first-order valence-electron chi connectivity index (χ1n) is 6.78. The Labute approximate surface area is 144 Å². The molecule has 3 rings (SSSR count). The number of fused-ring (bicyclic) bond motifs is 1. The van der Waals surface area contributed by atoms with Gasteiger partial charge in [-0.25, -0.2) is 8.42 Å². The van der Waals surface area contributed by atoms with Gasteiger partial charge in [0.1, 0.15) is 18.1 Å². The SMILES string of the molecule is CN(C1CCNC1)S(=O)(=O)c1cc2c(cc1Br)OCCO2.Cl. The minimum absolute atomic E-state index is 0. The number of rotatable bonds is 3. The van der Waals surface area contributed by atoms with Crippen molar-refractivity contribution in [2.45, 2.75) is 17.4 Å². The molecular formula is C13H18BrClN2O4S. The second kappa shape index (κ2) is 6.92. The highest BCUT2D eigenvalue weighted by Gasteiger charge is 2.32. The first-order valence-corrected chi connectivity index (χ1v) is 9.01. The number of benzene rings is 1. The number of likely N-dealkylation sites (N-methyl/N-ethyl adjacent to an activating group) is 1. The summed E-state index contributed by atoms with van der Waals surface area (Å²) in [6.07, 6.45) is 0.817. The van der Waals surface area contributed by atoms with Gasteiger partial charge in [0.2, 0.25) is 10.0 Å². The van der Waals surface area contributed by atoms with E-state index in [1.54, 1.807) is 13.1 Å². The molecule has 0 spiro atoms. The van der Waals surface area contributed by atoms with Gasteiger partial charge < -0.3 is 14.8 Å². The summed E-state index contributed by atoms with van der Waals surface area (Å²) in [5, 5.41) is 3.18. The average Bonchev–Trinajstić information content (AvgIpc) is 2.99. The molecule has 0 amide bonds. The van der Waals surface area contributed by atoms with Gasteiger partial charge in [0.25, 0.3) is 0 Å². The Morgan fingerprint density at radius 2 is 1.91 bits per heavy atom. The zero-order valence-corrected chi connectivity index (χ0v) is 15.3. The van der Waals surface area contributed by atoms with Crippen LogP contribution in [-0.2, 0) is 10.0 Å². The predicted octanol–water partition coefficient (Wildman–Crippen LogP) is 1.62. The molecule has 1 fully saturated rings. The van der Waals surface area contributed by atoms with Gasteiger partial charge >= 0.3 is 0 Å². The summed E-state index contributed by atoms with van der Waals surface area (Å²) in [5.74, 6) is 1.04. The van der Waals surface area contributed by atoms with Crippen LogP contribution in [0.5, 0.6) is 11.5 Å². The molecule has 0 radical (unpaired) electrons. The van der Waals surface area contributed by atoms with Crippen molar-refractivity contribution in [1.29, 1.82) is 0 Å². The minimum atomic E-state index is -3.58. The van der Waals surface area contributed by atoms with E-state index in [-0.39, 0.29) is 23.3 Å². The number of sulfonamides is 1. The lowest BCUT2D eigenvalue weighted by molar-refractivity contribution is 0.171. The fourth-order valence-corrected chi connectivity index (χ4v) is 4.92. The van der Waals surface area contributed by atoms with Crippen molar-refractivity contribution in [3.8, 4) is 11.5 Å². The van der Waals surface area contributed by atoms with Crippen LogP contribution in [0, 0.1) is 0 Å². The lowest BCUT2D eigenvalue weighted by Crippen LogP contribution is -2.38. The largest absolute Gasteiger partial charge is 0.486 e. The standard InChI is InChI=1S/C13H17BrN2O4S.ClH/c1-16(9-2-3-15-8-9)21(17,18)13-7-12-11(6-10(13)14)19-4-5-20-12;/h6-7,9,15H,2-5,8H2,1H3;1H. The van der Waals surface area contributed by atoms with Crippen LogP contribution >= 0.6 is 28.3 Å². The molecule has 1 unspecified atom stereocenters. The summed E-state index contributed by atoms with van der Waals surface area (Å²) in [4.78, 5) is 0.209. The van der Waals surface area contributed by atoms with E-state index >= 15 is 0 Å². The van der Waals surface area contributed by atoms with Crippen molar-refractivity contribution < 1.29 is 17.9 Å². The maximum atomic E-state index is 12.8. The smallest absolute Gasteiger partial charge is 0.244 e. The maximum absolute atomic E-state index is 12.8. The summed E-state index contributed by atoms with van der Waals surface area (Å²) in [6, 6.07) is 3.17. The highest BCUT2D eigenvalue weighted by atomic mass is 79.9. The summed E-state index contributed by atoms with van der Waals surface area (Å²) < 4.78 is 38.5. The Morgan fingerprint density at radius 3 is 2.50 bits per heavy atom. The molecule has 1 N–H and O–H groups in total. The van der Waals surface area contributed by atoms with Crippen LogP contribution in [0.4, 0.5) is 0 Å². The van der Waals surface area contributed by atoms with Crippen LogP contribution in [0.2, 0.25) is 0 Å². The van der Waals surface area contributed by atoms with E-state index in [2.05, 4.69) is 21.2 Å². The molecule has 6 nitrogen and oxygen atoms in total. The van der Waals surface area contributed by atoms with Gasteiger partial charge in [-0.15, -0.1) is 12.4 Å². The summed E-state index contributed by atoms with van der Waals surface area (Å²) in [6.45, 7) is 2.42. The number of hydrogen-bond acceptors (Lipinski definition) is 5. The van der Waals surface area contributed by atoms with Gasteiger partial charge in [-0.3, -0.25) is 0 Å². The number of nitrogens with zero attached hydrogens (tertiary/aromatic N) is 1. The monoisotopic (exact) mass is 412 g/mol. The molecule has 0 aliphatic carbocycles. The van der Waals surface area contributed by atoms with E-state index in [0.29, 0.717) is 35.7 Å². The van der Waals surface area contributed by atoms with Crippen LogP contribution < -0.4 is 14.8 Å². The van der Waals surface area contributed by atoms with Crippen molar-refractivity contribution in [3.63, 3.8) is 0 Å². The molecule has 22 heavy (non-hydrogen) atoms. The van der Waals surface area contributed by atoms with Crippen molar-refractivity contribution in [2.24, 2.45) is 0 Å². The van der Waals surface area contributed by atoms with Crippen molar-refractivity contribution >= 4 is 38.4 Å². The Morgan fingerprint density at radius 1 is 1.27 bits per heavy atom. The fourth-order valence-electron chi connectivity index (χ4n) is 2.54. The zero-order chi connectivity index (χ0) is 15.0. The summed E-state index contributed by atoms with van der Waals surface area (Å²) in [7, 11) is -1.95. The zero-order valence-electron chi connectivity index (χ0n) is 12.0. The van der Waals surface area contributed by atoms with Crippen LogP contribution in [-0.4, -0.2) is 52.1 Å². The quantitative estimate of drug-likeness (QED) is 0.816. The number of halogens is 2. The Hall–Kier alpha value is -0.540. The molecule has 1 saturated heterocycles. The molecule has 2 aliphatic rings. The van der Waals surface area contributed by atoms with Crippen molar-refractivity contribution in [3.05, 3.63) is 16.6 Å². The lowest BCUT2D eigenvalue weighted by atomic mass is 10.3. The van der Waals surface area contributed by atoms with Crippen molar-refractivity contribution in [1.82, 2.24) is 9.62 Å². The molecular weight excluding hydrogens is 396 g/mol. The third-order valence-electron chi connectivity index (χ3n) is 3.80. The first-order chi connectivity index (χ1) is 10.00. The first kappa shape index (κ1) is 17.8. The van der Waals surface area contributed by atoms with Crippen LogP contribution in [0.1, 0.15) is 6.42 Å². The Bertz CT molecular complexity index is 650. The molecule has 0 saturated carbocycles. The van der Waals surface area contributed by atoms with Gasteiger partial charge in [0.05, 0.1) is 0 Å². The van der Waals surface area contributed by atoms with E-state index in [1.807, 2.05) is 0 Å². The molecule has 2 heterocycles. The molecule has 124 valence electrons. The summed E-state index contributed by atoms with van der Waals surface area (Å²) >= 11 is 3.33. The molecule has 0 aromatic heterocycles. The van der Waals surface area contributed by atoms with Gasteiger partial charge in [0, 0.05) is 30.2 Å². The van der Waals surface area contributed by atoms with E-state index in [4.69, 9.17) is 9.47 Å². The highest BCUT2D eigenvalue weighted by molar-refractivity contribution is 9.10. The van der Waals surface area contributed by atoms with Gasteiger partial charge in [-0.05, 0) is 35.0 Å². The van der Waals surface area contributed by atoms with E-state index < -0.39 is 10.0 Å². The molecule has 9 heteroatoms. The van der Waals surface area contributed by atoms with Gasteiger partial charge in [-0.1, -0.05) is 0 Å². The fraction of sp³-hybridized carbons (Fsp3) is 0.538. The van der Waals surface area contributed by atoms with Gasteiger partial charge in [-0.2, -0.15) is 4.31 Å². The third kappa shape index (κ3) is 3.21. The minimum Gasteiger partial charge on any atom is -0.486 e. The van der Waals surface area contributed by atoms with E-state index in [9.17, 15) is 8.42 Å². The summed E-state index contributed by atoms with van der Waals surface area (Å²) in [5.41, 5.74) is 0. The van der Waals surface area contributed by atoms with Crippen LogP contribution in [0.15, 0.2) is 21.5 Å². The molecule has 2 aliphatic heterocycles. The average molecular weight is 414 g/mol. The van der Waals surface area contributed by atoms with Crippen molar-refractivity contribution in [2.75, 3.05) is 33.4 Å². The normalized spacial score (nSPS) is 20.8. The number of ether oxygens (including phenoxy) is 2. The van der Waals surface area contributed by atoms with Gasteiger partial charge in [0.15, 0.2) is 11.5 Å². The van der Waals surface area contributed by atoms with Crippen LogP contribution in [0.25, 0.3) is 0 Å². The molecule has 1 aromatic carbocycles. The van der Waals surface area contributed by atoms with E-state index in [1.165, 1.54) is 10.4 Å². The molecule has 0 bridgehead atoms. The topological polar surface area (TPSA) is 67.9 Å². The molecule has 1 aromatic rings.